The average Bonchev–Trinajstić information content (AvgIpc) is 3.51. The standard InChI is InChI=1S/C30H34N6O2S/c1-2-8-28(37)36(18-17-31-30(38)25(21-39)19-22-9-4-3-5-10-22)20-23-13-15-24(16-14-23)26-11-6-7-12-27(26)29-32-34-35-33-29/h3-7,9-16,25,39H,2,8,17-21H2,1H3,(H,31,38)(H,32,33,34,35). The summed E-state index contributed by atoms with van der Waals surface area (Å²) in [7, 11) is 0. The second kappa shape index (κ2) is 14.2. The second-order valence-electron chi connectivity index (χ2n) is 9.42. The first kappa shape index (κ1) is 28.0. The molecular formula is C30H34N6O2S. The Hall–Kier alpha value is -3.98. The van der Waals surface area contributed by atoms with Crippen molar-refractivity contribution in [1.82, 2.24) is 30.8 Å². The van der Waals surface area contributed by atoms with Gasteiger partial charge in [0.05, 0.1) is 5.92 Å². The van der Waals surface area contributed by atoms with Crippen molar-refractivity contribution in [3.8, 4) is 22.5 Å². The summed E-state index contributed by atoms with van der Waals surface area (Å²) in [5.41, 5.74) is 5.08. The summed E-state index contributed by atoms with van der Waals surface area (Å²) >= 11 is 4.40. The van der Waals surface area contributed by atoms with Crippen molar-refractivity contribution in [2.75, 3.05) is 18.8 Å². The van der Waals surface area contributed by atoms with E-state index in [0.29, 0.717) is 44.1 Å². The fourth-order valence-corrected chi connectivity index (χ4v) is 4.78. The molecule has 9 heteroatoms. The lowest BCUT2D eigenvalue weighted by Gasteiger charge is -2.24. The summed E-state index contributed by atoms with van der Waals surface area (Å²) < 4.78 is 0. The summed E-state index contributed by atoms with van der Waals surface area (Å²) in [5.74, 6) is 0.883. The van der Waals surface area contributed by atoms with E-state index in [2.05, 4.69) is 38.6 Å². The highest BCUT2D eigenvalue weighted by Crippen LogP contribution is 2.29. The van der Waals surface area contributed by atoms with Gasteiger partial charge in [0.25, 0.3) is 0 Å². The van der Waals surface area contributed by atoms with Gasteiger partial charge in [-0.3, -0.25) is 9.59 Å². The molecule has 0 aliphatic carbocycles. The number of hydrogen-bond donors (Lipinski definition) is 3. The van der Waals surface area contributed by atoms with E-state index in [0.717, 1.165) is 34.2 Å². The van der Waals surface area contributed by atoms with E-state index in [-0.39, 0.29) is 17.7 Å². The molecule has 2 N–H and O–H groups in total. The number of aromatic nitrogens is 4. The summed E-state index contributed by atoms with van der Waals surface area (Å²) in [6.07, 6.45) is 1.88. The van der Waals surface area contributed by atoms with Crippen LogP contribution in [0.3, 0.4) is 0 Å². The highest BCUT2D eigenvalue weighted by atomic mass is 32.1. The summed E-state index contributed by atoms with van der Waals surface area (Å²) in [6, 6.07) is 26.0. The molecule has 1 aromatic heterocycles. The minimum atomic E-state index is -0.223. The van der Waals surface area contributed by atoms with Crippen LogP contribution < -0.4 is 5.32 Å². The minimum absolute atomic E-state index is 0.0401. The smallest absolute Gasteiger partial charge is 0.224 e. The lowest BCUT2D eigenvalue weighted by molar-refractivity contribution is -0.132. The summed E-state index contributed by atoms with van der Waals surface area (Å²) in [5, 5.41) is 17.3. The van der Waals surface area contributed by atoms with E-state index in [4.69, 9.17) is 0 Å². The summed E-state index contributed by atoms with van der Waals surface area (Å²) in [6.45, 7) is 3.31. The van der Waals surface area contributed by atoms with Crippen LogP contribution in [-0.2, 0) is 22.6 Å². The van der Waals surface area contributed by atoms with Gasteiger partial charge < -0.3 is 10.2 Å². The fraction of sp³-hybridized carbons (Fsp3) is 0.300. The lowest BCUT2D eigenvalue weighted by Crippen LogP contribution is -2.40. The molecule has 0 saturated carbocycles. The normalized spacial score (nSPS) is 11.6. The van der Waals surface area contributed by atoms with Crippen LogP contribution in [0, 0.1) is 5.92 Å². The summed E-state index contributed by atoms with van der Waals surface area (Å²) in [4.78, 5) is 27.5. The van der Waals surface area contributed by atoms with E-state index < -0.39 is 0 Å². The molecule has 0 aliphatic heterocycles. The van der Waals surface area contributed by atoms with E-state index in [1.54, 1.807) is 0 Å². The highest BCUT2D eigenvalue weighted by Gasteiger charge is 2.19. The predicted molar refractivity (Wildman–Crippen MR) is 156 cm³/mol. The Morgan fingerprint density at radius 2 is 1.67 bits per heavy atom. The molecule has 0 saturated heterocycles. The molecule has 0 aliphatic rings. The Morgan fingerprint density at radius 1 is 0.949 bits per heavy atom. The first-order chi connectivity index (χ1) is 19.1. The molecule has 0 radical (unpaired) electrons. The Kier molecular flexibility index (Phi) is 10.2. The van der Waals surface area contributed by atoms with E-state index in [1.807, 2.05) is 90.7 Å². The van der Waals surface area contributed by atoms with Crippen molar-refractivity contribution >= 4 is 24.4 Å². The number of hydrogen-bond acceptors (Lipinski definition) is 6. The van der Waals surface area contributed by atoms with Crippen LogP contribution in [0.4, 0.5) is 0 Å². The van der Waals surface area contributed by atoms with Gasteiger partial charge in [-0.2, -0.15) is 12.6 Å². The average molecular weight is 543 g/mol. The Morgan fingerprint density at radius 3 is 2.33 bits per heavy atom. The lowest BCUT2D eigenvalue weighted by atomic mass is 9.98. The first-order valence-electron chi connectivity index (χ1n) is 13.2. The Balaban J connectivity index is 1.39. The van der Waals surface area contributed by atoms with Crippen LogP contribution in [0.5, 0.6) is 0 Å². The molecule has 0 fully saturated rings. The van der Waals surface area contributed by atoms with Crippen molar-refractivity contribution in [3.63, 3.8) is 0 Å². The van der Waals surface area contributed by atoms with Crippen molar-refractivity contribution in [3.05, 3.63) is 90.0 Å². The van der Waals surface area contributed by atoms with Crippen LogP contribution in [0.25, 0.3) is 22.5 Å². The maximum Gasteiger partial charge on any atom is 0.224 e. The Labute approximate surface area is 234 Å². The molecule has 39 heavy (non-hydrogen) atoms. The van der Waals surface area contributed by atoms with Crippen LogP contribution in [0.2, 0.25) is 0 Å². The molecular weight excluding hydrogens is 508 g/mol. The van der Waals surface area contributed by atoms with Gasteiger partial charge in [0, 0.05) is 37.4 Å². The number of nitrogens with zero attached hydrogens (tertiary/aromatic N) is 4. The monoisotopic (exact) mass is 542 g/mol. The molecule has 4 aromatic rings. The molecule has 3 aromatic carbocycles. The third kappa shape index (κ3) is 7.77. The molecule has 8 nitrogen and oxygen atoms in total. The number of H-pyrrole nitrogens is 1. The molecule has 0 spiro atoms. The van der Waals surface area contributed by atoms with Gasteiger partial charge in [0.1, 0.15) is 0 Å². The number of rotatable bonds is 13. The molecule has 4 rings (SSSR count). The number of nitrogens with one attached hydrogen (secondary N) is 2. The topological polar surface area (TPSA) is 104 Å². The van der Waals surface area contributed by atoms with Crippen LogP contribution in [0.15, 0.2) is 78.9 Å². The number of carbonyl (C=O) groups excluding carboxylic acids is 2. The van der Waals surface area contributed by atoms with E-state index in [1.165, 1.54) is 0 Å². The van der Waals surface area contributed by atoms with E-state index >= 15 is 0 Å². The number of aromatic amines is 1. The number of amides is 2. The maximum atomic E-state index is 12.9. The number of tetrazole rings is 1. The van der Waals surface area contributed by atoms with Crippen molar-refractivity contribution < 1.29 is 9.59 Å². The van der Waals surface area contributed by atoms with Gasteiger partial charge in [-0.15, -0.1) is 5.10 Å². The van der Waals surface area contributed by atoms with Gasteiger partial charge in [0.15, 0.2) is 5.82 Å². The second-order valence-corrected chi connectivity index (χ2v) is 9.78. The first-order valence-corrected chi connectivity index (χ1v) is 13.8. The Bertz CT molecular complexity index is 1330. The predicted octanol–water partition coefficient (Wildman–Crippen LogP) is 4.57. The van der Waals surface area contributed by atoms with Gasteiger partial charge in [-0.1, -0.05) is 85.8 Å². The van der Waals surface area contributed by atoms with Crippen molar-refractivity contribution in [2.24, 2.45) is 5.92 Å². The minimum Gasteiger partial charge on any atom is -0.354 e. The number of carbonyl (C=O) groups is 2. The largest absolute Gasteiger partial charge is 0.354 e. The zero-order valence-electron chi connectivity index (χ0n) is 22.1. The molecule has 1 heterocycles. The van der Waals surface area contributed by atoms with Gasteiger partial charge in [-0.25, -0.2) is 5.10 Å². The number of thiol groups is 1. The number of benzene rings is 3. The van der Waals surface area contributed by atoms with Crippen molar-refractivity contribution in [1.29, 1.82) is 0 Å². The molecule has 1 atom stereocenters. The molecule has 1 unspecified atom stereocenters. The highest BCUT2D eigenvalue weighted by molar-refractivity contribution is 7.80. The third-order valence-corrected chi connectivity index (χ3v) is 7.02. The van der Waals surface area contributed by atoms with E-state index in [9.17, 15) is 9.59 Å². The SMILES string of the molecule is CCCC(=O)N(CCNC(=O)C(CS)Cc1ccccc1)Cc1ccc(-c2ccccc2-c2nnn[nH]2)cc1. The van der Waals surface area contributed by atoms with Crippen LogP contribution in [-0.4, -0.2) is 56.2 Å². The maximum absolute atomic E-state index is 12.9. The van der Waals surface area contributed by atoms with Gasteiger partial charge in [-0.05, 0) is 45.5 Å². The van der Waals surface area contributed by atoms with Crippen LogP contribution >= 0.6 is 12.6 Å². The molecule has 0 bridgehead atoms. The molecule has 202 valence electrons. The quantitative estimate of drug-likeness (QED) is 0.215. The zero-order valence-corrected chi connectivity index (χ0v) is 23.0. The molecule has 2 amide bonds. The van der Waals surface area contributed by atoms with Crippen molar-refractivity contribution in [2.45, 2.75) is 32.7 Å². The zero-order chi connectivity index (χ0) is 27.5. The van der Waals surface area contributed by atoms with Crippen LogP contribution in [0.1, 0.15) is 30.9 Å². The van der Waals surface area contributed by atoms with Gasteiger partial charge >= 0.3 is 0 Å². The van der Waals surface area contributed by atoms with Gasteiger partial charge in [0.2, 0.25) is 11.8 Å². The third-order valence-electron chi connectivity index (χ3n) is 6.58. The fourth-order valence-electron chi connectivity index (χ4n) is 4.49.